The highest BCUT2D eigenvalue weighted by molar-refractivity contribution is 7.12. The number of amides is 1. The SMILES string of the molecule is CN(CCCCCO)C(=O)c1sccc1C#CCO. The zero-order chi connectivity index (χ0) is 14.1. The first-order chi connectivity index (χ1) is 9.20. The Morgan fingerprint density at radius 1 is 1.37 bits per heavy atom. The number of nitrogens with zero attached hydrogens (tertiary/aromatic N) is 1. The molecule has 0 aliphatic rings. The molecular formula is C14H19NO3S. The van der Waals surface area contributed by atoms with Crippen molar-refractivity contribution in [3.8, 4) is 11.8 Å². The van der Waals surface area contributed by atoms with Gasteiger partial charge in [-0.05, 0) is 30.7 Å². The van der Waals surface area contributed by atoms with Crippen LogP contribution in [0.4, 0.5) is 0 Å². The Labute approximate surface area is 117 Å². The predicted octanol–water partition coefficient (Wildman–Crippen LogP) is 1.33. The number of aliphatic hydroxyl groups is 2. The van der Waals surface area contributed by atoms with Gasteiger partial charge in [-0.3, -0.25) is 4.79 Å². The van der Waals surface area contributed by atoms with Crippen molar-refractivity contribution in [1.82, 2.24) is 4.90 Å². The van der Waals surface area contributed by atoms with Crippen molar-refractivity contribution in [3.63, 3.8) is 0 Å². The van der Waals surface area contributed by atoms with Gasteiger partial charge in [0.25, 0.3) is 5.91 Å². The maximum absolute atomic E-state index is 12.2. The van der Waals surface area contributed by atoms with E-state index in [1.807, 2.05) is 5.38 Å². The van der Waals surface area contributed by atoms with Crippen LogP contribution in [-0.2, 0) is 0 Å². The van der Waals surface area contributed by atoms with Crippen LogP contribution in [0.25, 0.3) is 0 Å². The lowest BCUT2D eigenvalue weighted by Crippen LogP contribution is -2.27. The Hall–Kier alpha value is -1.35. The first kappa shape index (κ1) is 15.7. The molecule has 1 rings (SSSR count). The van der Waals surface area contributed by atoms with E-state index in [-0.39, 0.29) is 19.1 Å². The molecule has 5 heteroatoms. The number of hydrogen-bond acceptors (Lipinski definition) is 4. The molecule has 0 atom stereocenters. The third-order valence-corrected chi connectivity index (χ3v) is 3.56. The van der Waals surface area contributed by atoms with Crippen LogP contribution in [0, 0.1) is 11.8 Å². The molecule has 0 saturated heterocycles. The van der Waals surface area contributed by atoms with Gasteiger partial charge < -0.3 is 15.1 Å². The fourth-order valence-corrected chi connectivity index (χ4v) is 2.46. The molecule has 0 unspecified atom stereocenters. The minimum atomic E-state index is -0.208. The topological polar surface area (TPSA) is 60.8 Å². The van der Waals surface area contributed by atoms with Crippen molar-refractivity contribution in [3.05, 3.63) is 21.9 Å². The minimum absolute atomic E-state index is 0.0405. The van der Waals surface area contributed by atoms with Gasteiger partial charge in [0.15, 0.2) is 0 Å². The third-order valence-electron chi connectivity index (χ3n) is 2.66. The van der Waals surface area contributed by atoms with Gasteiger partial charge in [-0.25, -0.2) is 0 Å². The highest BCUT2D eigenvalue weighted by Crippen LogP contribution is 2.18. The molecule has 104 valence electrons. The predicted molar refractivity (Wildman–Crippen MR) is 76.2 cm³/mol. The van der Waals surface area contributed by atoms with E-state index in [1.54, 1.807) is 18.0 Å². The molecule has 4 nitrogen and oxygen atoms in total. The molecular weight excluding hydrogens is 262 g/mol. The van der Waals surface area contributed by atoms with Crippen molar-refractivity contribution in [2.75, 3.05) is 26.8 Å². The molecule has 0 aromatic carbocycles. The second-order valence-electron chi connectivity index (χ2n) is 4.13. The quantitative estimate of drug-likeness (QED) is 0.611. The van der Waals surface area contributed by atoms with E-state index in [4.69, 9.17) is 10.2 Å². The van der Waals surface area contributed by atoms with Gasteiger partial charge in [-0.2, -0.15) is 0 Å². The lowest BCUT2D eigenvalue weighted by Gasteiger charge is -2.16. The fraction of sp³-hybridized carbons (Fsp3) is 0.500. The van der Waals surface area contributed by atoms with Gasteiger partial charge in [0.1, 0.15) is 11.5 Å². The van der Waals surface area contributed by atoms with Crippen LogP contribution in [0.3, 0.4) is 0 Å². The summed E-state index contributed by atoms with van der Waals surface area (Å²) in [6.07, 6.45) is 2.57. The second kappa shape index (κ2) is 8.70. The Morgan fingerprint density at radius 3 is 2.84 bits per heavy atom. The molecule has 0 spiro atoms. The summed E-state index contributed by atoms with van der Waals surface area (Å²) in [5, 5.41) is 19.2. The Morgan fingerprint density at radius 2 is 2.16 bits per heavy atom. The summed E-state index contributed by atoms with van der Waals surface area (Å²) in [6.45, 7) is 0.660. The highest BCUT2D eigenvalue weighted by atomic mass is 32.1. The van der Waals surface area contributed by atoms with Crippen molar-refractivity contribution in [1.29, 1.82) is 0 Å². The second-order valence-corrected chi connectivity index (χ2v) is 5.05. The molecule has 0 aliphatic heterocycles. The smallest absolute Gasteiger partial charge is 0.264 e. The standard InChI is InChI=1S/C14H19NO3S/c1-15(8-3-2-4-9-16)14(18)13-12(6-5-10-17)7-11-19-13/h7,11,16-17H,2-4,8-10H2,1H3. The van der Waals surface area contributed by atoms with Crippen LogP contribution in [0.5, 0.6) is 0 Å². The van der Waals surface area contributed by atoms with Crippen molar-refractivity contribution in [2.24, 2.45) is 0 Å². The lowest BCUT2D eigenvalue weighted by atomic mass is 10.2. The molecule has 0 aliphatic carbocycles. The first-order valence-electron chi connectivity index (χ1n) is 6.24. The first-order valence-corrected chi connectivity index (χ1v) is 7.12. The maximum Gasteiger partial charge on any atom is 0.264 e. The van der Waals surface area contributed by atoms with Crippen LogP contribution >= 0.6 is 11.3 Å². The zero-order valence-corrected chi connectivity index (χ0v) is 11.9. The summed E-state index contributed by atoms with van der Waals surface area (Å²) >= 11 is 1.36. The molecule has 0 fully saturated rings. The summed E-state index contributed by atoms with van der Waals surface area (Å²) in [5.41, 5.74) is 0.672. The Balaban J connectivity index is 2.59. The van der Waals surface area contributed by atoms with Gasteiger partial charge in [-0.1, -0.05) is 11.8 Å². The number of carbonyl (C=O) groups excluding carboxylic acids is 1. The van der Waals surface area contributed by atoms with Gasteiger partial charge in [0.2, 0.25) is 0 Å². The fourth-order valence-electron chi connectivity index (χ4n) is 1.62. The number of hydrogen-bond donors (Lipinski definition) is 2. The van der Waals surface area contributed by atoms with E-state index in [9.17, 15) is 4.79 Å². The number of thiophene rings is 1. The lowest BCUT2D eigenvalue weighted by molar-refractivity contribution is 0.0796. The van der Waals surface area contributed by atoms with E-state index in [0.29, 0.717) is 17.0 Å². The molecule has 0 saturated carbocycles. The summed E-state index contributed by atoms with van der Waals surface area (Å²) < 4.78 is 0. The van der Waals surface area contributed by atoms with Crippen LogP contribution < -0.4 is 0 Å². The van der Waals surface area contributed by atoms with E-state index in [2.05, 4.69) is 11.8 Å². The van der Waals surface area contributed by atoms with E-state index in [0.717, 1.165) is 19.3 Å². The average Bonchev–Trinajstić information content (AvgIpc) is 2.88. The van der Waals surface area contributed by atoms with Crippen molar-refractivity contribution < 1.29 is 15.0 Å². The van der Waals surface area contributed by atoms with Gasteiger partial charge >= 0.3 is 0 Å². The zero-order valence-electron chi connectivity index (χ0n) is 11.1. The molecule has 1 amide bonds. The summed E-state index contributed by atoms with van der Waals surface area (Å²) in [5.74, 6) is 5.30. The summed E-state index contributed by atoms with van der Waals surface area (Å²) in [4.78, 5) is 14.5. The Bertz CT molecular complexity index is 459. The highest BCUT2D eigenvalue weighted by Gasteiger charge is 2.16. The van der Waals surface area contributed by atoms with Crippen molar-refractivity contribution in [2.45, 2.75) is 19.3 Å². The molecule has 2 N–H and O–H groups in total. The normalized spacial score (nSPS) is 9.84. The number of carbonyl (C=O) groups is 1. The van der Waals surface area contributed by atoms with Crippen molar-refractivity contribution >= 4 is 17.2 Å². The van der Waals surface area contributed by atoms with E-state index < -0.39 is 0 Å². The number of rotatable bonds is 6. The van der Waals surface area contributed by atoms with Crippen LogP contribution in [0.1, 0.15) is 34.5 Å². The molecule has 1 aromatic heterocycles. The molecule has 19 heavy (non-hydrogen) atoms. The van der Waals surface area contributed by atoms with E-state index in [1.165, 1.54) is 11.3 Å². The summed E-state index contributed by atoms with van der Waals surface area (Å²) in [6, 6.07) is 1.79. The number of unbranched alkanes of at least 4 members (excludes halogenated alkanes) is 2. The third kappa shape index (κ3) is 5.03. The minimum Gasteiger partial charge on any atom is -0.396 e. The van der Waals surface area contributed by atoms with Crippen LogP contribution in [0.2, 0.25) is 0 Å². The molecule has 0 bridgehead atoms. The Kier molecular flexibility index (Phi) is 7.19. The largest absolute Gasteiger partial charge is 0.396 e. The summed E-state index contributed by atoms with van der Waals surface area (Å²) in [7, 11) is 1.77. The van der Waals surface area contributed by atoms with Crippen LogP contribution in [0.15, 0.2) is 11.4 Å². The molecule has 0 radical (unpaired) electrons. The van der Waals surface area contributed by atoms with Gasteiger partial charge in [0.05, 0.1) is 0 Å². The van der Waals surface area contributed by atoms with Crippen LogP contribution in [-0.4, -0.2) is 47.8 Å². The van der Waals surface area contributed by atoms with E-state index >= 15 is 0 Å². The number of aliphatic hydroxyl groups excluding tert-OH is 2. The average molecular weight is 281 g/mol. The molecule has 1 heterocycles. The maximum atomic E-state index is 12.2. The molecule has 1 aromatic rings. The monoisotopic (exact) mass is 281 g/mol. The van der Waals surface area contributed by atoms with Gasteiger partial charge in [-0.15, -0.1) is 11.3 Å². The van der Waals surface area contributed by atoms with Gasteiger partial charge in [0, 0.05) is 25.8 Å².